The second-order valence-corrected chi connectivity index (χ2v) is 13.8. The van der Waals surface area contributed by atoms with E-state index in [0.717, 1.165) is 0 Å². The van der Waals surface area contributed by atoms with Gasteiger partial charge in [0, 0.05) is 20.2 Å². The second kappa shape index (κ2) is 11.3. The second-order valence-electron chi connectivity index (χ2n) is 12.8. The molecule has 0 aliphatic rings. The molecule has 0 N–H and O–H groups in total. The predicted molar refractivity (Wildman–Crippen MR) is 214 cm³/mol. The Balaban J connectivity index is 1.33. The van der Waals surface area contributed by atoms with Gasteiger partial charge in [0.2, 0.25) is 0 Å². The van der Waals surface area contributed by atoms with Gasteiger partial charge in [0.1, 0.15) is 0 Å². The topological polar surface area (TPSA) is 0 Å². The molecule has 9 aromatic carbocycles. The smallest absolute Gasteiger partial charge is 0.0434 e. The van der Waals surface area contributed by atoms with Crippen molar-refractivity contribution in [2.75, 3.05) is 0 Å². The van der Waals surface area contributed by atoms with E-state index in [-0.39, 0.29) is 0 Å². The Bertz CT molecular complexity index is 2800. The van der Waals surface area contributed by atoms with Crippen LogP contribution in [0.4, 0.5) is 0 Å². The number of rotatable bonds is 4. The molecule has 49 heavy (non-hydrogen) atoms. The van der Waals surface area contributed by atoms with Crippen molar-refractivity contribution in [2.45, 2.75) is 0 Å². The predicted octanol–water partition coefficient (Wildman–Crippen LogP) is 14.2. The molecule has 0 spiro atoms. The Kier molecular flexibility index (Phi) is 6.47. The lowest BCUT2D eigenvalue weighted by atomic mass is 9.82. The van der Waals surface area contributed by atoms with Crippen LogP contribution in [0, 0.1) is 0 Å². The number of hydrogen-bond acceptors (Lipinski definition) is 1. The fourth-order valence-corrected chi connectivity index (χ4v) is 9.17. The van der Waals surface area contributed by atoms with Crippen molar-refractivity contribution in [3.63, 3.8) is 0 Å². The average molecular weight is 639 g/mol. The van der Waals surface area contributed by atoms with Crippen LogP contribution in [0.15, 0.2) is 182 Å². The van der Waals surface area contributed by atoms with E-state index in [0.29, 0.717) is 0 Å². The number of thiophene rings is 1. The lowest BCUT2D eigenvalue weighted by Gasteiger charge is -2.21. The van der Waals surface area contributed by atoms with Crippen molar-refractivity contribution in [1.82, 2.24) is 0 Å². The number of hydrogen-bond donors (Lipinski definition) is 0. The van der Waals surface area contributed by atoms with E-state index in [2.05, 4.69) is 182 Å². The van der Waals surface area contributed by atoms with E-state index in [1.165, 1.54) is 97.0 Å². The van der Waals surface area contributed by atoms with Gasteiger partial charge in [-0.25, -0.2) is 0 Å². The first-order valence-electron chi connectivity index (χ1n) is 16.9. The summed E-state index contributed by atoms with van der Waals surface area (Å²) in [5.41, 5.74) is 10.0. The van der Waals surface area contributed by atoms with E-state index in [1.807, 2.05) is 11.3 Å². The summed E-state index contributed by atoms with van der Waals surface area (Å²) >= 11 is 1.91. The molecule has 1 heteroatoms. The third-order valence-electron chi connectivity index (χ3n) is 10.1. The number of benzene rings is 9. The Morgan fingerprint density at radius 1 is 0.306 bits per heavy atom. The molecule has 0 amide bonds. The highest BCUT2D eigenvalue weighted by atomic mass is 32.1. The molecule has 0 fully saturated rings. The Hall–Kier alpha value is -6.02. The minimum absolute atomic E-state index is 1.22. The molecule has 1 aromatic heterocycles. The van der Waals surface area contributed by atoms with Crippen LogP contribution < -0.4 is 0 Å². The maximum absolute atomic E-state index is 2.41. The lowest BCUT2D eigenvalue weighted by molar-refractivity contribution is 1.58. The highest BCUT2D eigenvalue weighted by molar-refractivity contribution is 7.26. The van der Waals surface area contributed by atoms with Crippen LogP contribution in [0.25, 0.3) is 97.0 Å². The van der Waals surface area contributed by atoms with Crippen molar-refractivity contribution < 1.29 is 0 Å². The van der Waals surface area contributed by atoms with Crippen LogP contribution in [-0.2, 0) is 0 Å². The monoisotopic (exact) mass is 638 g/mol. The summed E-state index contributed by atoms with van der Waals surface area (Å²) in [6.45, 7) is 0. The molecule has 0 aliphatic carbocycles. The molecule has 1 heterocycles. The van der Waals surface area contributed by atoms with Gasteiger partial charge in [0.05, 0.1) is 0 Å². The van der Waals surface area contributed by atoms with Crippen LogP contribution in [0.1, 0.15) is 0 Å². The van der Waals surface area contributed by atoms with E-state index >= 15 is 0 Å². The molecule has 0 atom stereocenters. The van der Waals surface area contributed by atoms with Crippen molar-refractivity contribution >= 4 is 63.8 Å². The van der Waals surface area contributed by atoms with Crippen LogP contribution in [-0.4, -0.2) is 0 Å². The molecule has 0 nitrogen and oxygen atoms in total. The molecule has 0 unspecified atom stereocenters. The van der Waals surface area contributed by atoms with E-state index in [4.69, 9.17) is 0 Å². The van der Waals surface area contributed by atoms with Gasteiger partial charge >= 0.3 is 0 Å². The fraction of sp³-hybridized carbons (Fsp3) is 0. The summed E-state index contributed by atoms with van der Waals surface area (Å²) < 4.78 is 2.68. The third-order valence-corrected chi connectivity index (χ3v) is 11.3. The Labute approximate surface area is 289 Å². The van der Waals surface area contributed by atoms with Gasteiger partial charge in [-0.05, 0) is 89.0 Å². The SMILES string of the molecule is c1ccc(-c2ccc(-c3ccccc3)c(-c3c4ccccc4c(-c4cccc5sc6c7ccccc7ccc6c45)c4ccccc34)c2)cc1. The standard InChI is InChI=1S/C48H30S/c1-3-14-31(15-4-1)34-27-28-35(32-16-5-2-6-17-32)43(30-34)46-39-22-11-9-20-37(39)45(38-21-10-12-23-40(38)46)41-24-13-25-44-47(41)42-29-26-33-18-7-8-19-36(33)48(42)49-44/h1-30H. The van der Waals surface area contributed by atoms with Crippen molar-refractivity contribution in [2.24, 2.45) is 0 Å². The molecule has 0 bridgehead atoms. The van der Waals surface area contributed by atoms with Crippen LogP contribution >= 0.6 is 11.3 Å². The quantitative estimate of drug-likeness (QED) is 0.168. The zero-order valence-electron chi connectivity index (χ0n) is 26.7. The molecule has 0 saturated heterocycles. The molecule has 228 valence electrons. The van der Waals surface area contributed by atoms with E-state index in [9.17, 15) is 0 Å². The van der Waals surface area contributed by atoms with Crippen LogP contribution in [0.2, 0.25) is 0 Å². The van der Waals surface area contributed by atoms with E-state index in [1.54, 1.807) is 0 Å². The Morgan fingerprint density at radius 2 is 0.878 bits per heavy atom. The minimum atomic E-state index is 1.22. The molecular formula is C48H30S. The summed E-state index contributed by atoms with van der Waals surface area (Å²) in [4.78, 5) is 0. The van der Waals surface area contributed by atoms with Crippen LogP contribution in [0.5, 0.6) is 0 Å². The summed E-state index contributed by atoms with van der Waals surface area (Å²) in [6, 6.07) is 66.9. The summed E-state index contributed by atoms with van der Waals surface area (Å²) in [6.07, 6.45) is 0. The van der Waals surface area contributed by atoms with E-state index < -0.39 is 0 Å². The summed E-state index contributed by atoms with van der Waals surface area (Å²) in [7, 11) is 0. The number of fused-ring (bicyclic) bond motifs is 7. The molecule has 10 rings (SSSR count). The van der Waals surface area contributed by atoms with Gasteiger partial charge in [-0.15, -0.1) is 11.3 Å². The van der Waals surface area contributed by atoms with Crippen molar-refractivity contribution in [3.05, 3.63) is 182 Å². The first-order valence-corrected chi connectivity index (χ1v) is 17.7. The fourth-order valence-electron chi connectivity index (χ4n) is 7.90. The molecule has 0 saturated carbocycles. The van der Waals surface area contributed by atoms with Gasteiger partial charge < -0.3 is 0 Å². The Morgan fingerprint density at radius 3 is 1.55 bits per heavy atom. The van der Waals surface area contributed by atoms with Crippen molar-refractivity contribution in [1.29, 1.82) is 0 Å². The van der Waals surface area contributed by atoms with Crippen molar-refractivity contribution in [3.8, 4) is 44.5 Å². The first kappa shape index (κ1) is 28.0. The van der Waals surface area contributed by atoms with Crippen LogP contribution in [0.3, 0.4) is 0 Å². The molecule has 0 aliphatic heterocycles. The maximum atomic E-state index is 2.41. The van der Waals surface area contributed by atoms with Gasteiger partial charge in [-0.3, -0.25) is 0 Å². The minimum Gasteiger partial charge on any atom is -0.135 e. The van der Waals surface area contributed by atoms with Gasteiger partial charge in [0.25, 0.3) is 0 Å². The lowest BCUT2D eigenvalue weighted by Crippen LogP contribution is -1.94. The highest BCUT2D eigenvalue weighted by Gasteiger charge is 2.22. The normalized spacial score (nSPS) is 11.7. The summed E-state index contributed by atoms with van der Waals surface area (Å²) in [5.74, 6) is 0. The molecule has 10 aromatic rings. The highest BCUT2D eigenvalue weighted by Crippen LogP contribution is 2.50. The molecular weight excluding hydrogens is 609 g/mol. The summed E-state index contributed by atoms with van der Waals surface area (Å²) in [5, 5.41) is 10.3. The maximum Gasteiger partial charge on any atom is 0.0434 e. The van der Waals surface area contributed by atoms with Gasteiger partial charge in [-0.2, -0.15) is 0 Å². The molecule has 0 radical (unpaired) electrons. The zero-order chi connectivity index (χ0) is 32.3. The average Bonchev–Trinajstić information content (AvgIpc) is 3.57. The largest absolute Gasteiger partial charge is 0.135 e. The first-order chi connectivity index (χ1) is 24.3. The van der Waals surface area contributed by atoms with Gasteiger partial charge in [0.15, 0.2) is 0 Å². The third kappa shape index (κ3) is 4.44. The van der Waals surface area contributed by atoms with Gasteiger partial charge in [-0.1, -0.05) is 170 Å². The zero-order valence-corrected chi connectivity index (χ0v) is 27.5.